The summed E-state index contributed by atoms with van der Waals surface area (Å²) in [7, 11) is -3.76. The molecule has 7 nitrogen and oxygen atoms in total. The molecule has 1 aromatic heterocycles. The summed E-state index contributed by atoms with van der Waals surface area (Å²) in [6.07, 6.45) is 1.61. The number of carbonyl (C=O) groups excluding carboxylic acids is 1. The Kier molecular flexibility index (Phi) is 5.07. The van der Waals surface area contributed by atoms with Crippen LogP contribution in [0.25, 0.3) is 17.4 Å². The molecular weight excluding hydrogens is 426 g/mol. The molecule has 3 aromatic rings. The van der Waals surface area contributed by atoms with E-state index in [1.54, 1.807) is 61.5 Å². The fourth-order valence-corrected chi connectivity index (χ4v) is 3.74. The summed E-state index contributed by atoms with van der Waals surface area (Å²) in [5, 5.41) is 11.1. The summed E-state index contributed by atoms with van der Waals surface area (Å²) in [5.41, 5.74) is 2.10. The quantitative estimate of drug-likeness (QED) is 0.616. The predicted molar refractivity (Wildman–Crippen MR) is 116 cm³/mol. The van der Waals surface area contributed by atoms with Gasteiger partial charge in [-0.2, -0.15) is 10.1 Å². The Morgan fingerprint density at radius 1 is 1.07 bits per heavy atom. The number of primary sulfonamides is 1. The van der Waals surface area contributed by atoms with Gasteiger partial charge in [-0.25, -0.2) is 13.6 Å². The predicted octanol–water partition coefficient (Wildman–Crippen LogP) is 4.05. The first kappa shape index (κ1) is 20.1. The van der Waals surface area contributed by atoms with Crippen molar-refractivity contribution in [3.63, 3.8) is 0 Å². The zero-order chi connectivity index (χ0) is 21.5. The molecule has 0 fully saturated rings. The Morgan fingerprint density at radius 3 is 2.43 bits per heavy atom. The van der Waals surface area contributed by atoms with E-state index < -0.39 is 10.0 Å². The molecule has 1 amide bonds. The summed E-state index contributed by atoms with van der Waals surface area (Å²) in [5.74, 6) is 0.668. The third-order valence-electron chi connectivity index (χ3n) is 4.52. The zero-order valence-electron chi connectivity index (χ0n) is 15.7. The van der Waals surface area contributed by atoms with E-state index in [0.29, 0.717) is 39.1 Å². The van der Waals surface area contributed by atoms with E-state index in [1.807, 2.05) is 0 Å². The summed E-state index contributed by atoms with van der Waals surface area (Å²) in [4.78, 5) is 12.9. The highest BCUT2D eigenvalue weighted by molar-refractivity contribution is 7.89. The van der Waals surface area contributed by atoms with Crippen molar-refractivity contribution in [3.05, 3.63) is 77.0 Å². The van der Waals surface area contributed by atoms with Crippen molar-refractivity contribution in [2.75, 3.05) is 5.01 Å². The number of amides is 1. The number of benzene rings is 2. The number of nitrogens with zero attached hydrogens (tertiary/aromatic N) is 2. The number of hydrogen-bond donors (Lipinski definition) is 1. The van der Waals surface area contributed by atoms with Crippen LogP contribution in [0.2, 0.25) is 5.02 Å². The van der Waals surface area contributed by atoms with Crippen LogP contribution in [0.1, 0.15) is 12.7 Å². The summed E-state index contributed by atoms with van der Waals surface area (Å²) in [6, 6.07) is 16.4. The molecule has 0 unspecified atom stereocenters. The van der Waals surface area contributed by atoms with Crippen LogP contribution in [0, 0.1) is 0 Å². The number of furan rings is 1. The number of sulfonamides is 1. The average molecular weight is 442 g/mol. The number of hydrogen-bond acceptors (Lipinski definition) is 5. The first-order valence-corrected chi connectivity index (χ1v) is 10.8. The molecule has 1 aliphatic rings. The molecule has 0 saturated heterocycles. The maximum absolute atomic E-state index is 12.9. The van der Waals surface area contributed by atoms with Gasteiger partial charge in [-0.1, -0.05) is 23.7 Å². The Morgan fingerprint density at radius 2 is 1.77 bits per heavy atom. The molecule has 4 rings (SSSR count). The van der Waals surface area contributed by atoms with Crippen LogP contribution in [0.4, 0.5) is 5.69 Å². The molecular formula is C21H16ClN3O4S. The summed E-state index contributed by atoms with van der Waals surface area (Å²) in [6.45, 7) is 1.73. The second kappa shape index (κ2) is 7.56. The van der Waals surface area contributed by atoms with Crippen molar-refractivity contribution in [3.8, 4) is 11.3 Å². The van der Waals surface area contributed by atoms with Crippen LogP contribution in [0.3, 0.4) is 0 Å². The molecule has 0 bridgehead atoms. The minimum absolute atomic E-state index is 0.0169. The van der Waals surface area contributed by atoms with Gasteiger partial charge in [0.25, 0.3) is 5.91 Å². The summed E-state index contributed by atoms with van der Waals surface area (Å²) >= 11 is 6.19. The second-order valence-corrected chi connectivity index (χ2v) is 8.55. The number of para-hydroxylation sites is 1. The Bertz CT molecular complexity index is 1310. The van der Waals surface area contributed by atoms with Gasteiger partial charge in [0.05, 0.1) is 26.9 Å². The molecule has 2 N–H and O–H groups in total. The fraction of sp³-hybridized carbons (Fsp3) is 0.0476. The molecule has 152 valence electrons. The molecule has 0 spiro atoms. The van der Waals surface area contributed by atoms with Gasteiger partial charge in [-0.05, 0) is 61.5 Å². The van der Waals surface area contributed by atoms with Crippen molar-refractivity contribution >= 4 is 45.0 Å². The average Bonchev–Trinajstić information content (AvgIpc) is 3.28. The van der Waals surface area contributed by atoms with Gasteiger partial charge >= 0.3 is 0 Å². The maximum Gasteiger partial charge on any atom is 0.280 e. The highest BCUT2D eigenvalue weighted by atomic mass is 35.5. The van der Waals surface area contributed by atoms with Gasteiger partial charge in [-0.15, -0.1) is 0 Å². The normalized spacial score (nSPS) is 15.7. The van der Waals surface area contributed by atoms with E-state index in [-0.39, 0.29) is 10.8 Å². The van der Waals surface area contributed by atoms with Crippen LogP contribution in [0.5, 0.6) is 0 Å². The van der Waals surface area contributed by atoms with E-state index in [2.05, 4.69) is 5.10 Å². The van der Waals surface area contributed by atoms with Crippen LogP contribution in [0.15, 0.2) is 80.7 Å². The second-order valence-electron chi connectivity index (χ2n) is 6.58. The van der Waals surface area contributed by atoms with Gasteiger partial charge in [0.2, 0.25) is 10.0 Å². The fourth-order valence-electron chi connectivity index (χ4n) is 3.01. The summed E-state index contributed by atoms with van der Waals surface area (Å²) < 4.78 is 28.6. The van der Waals surface area contributed by atoms with Gasteiger partial charge in [0.15, 0.2) is 0 Å². The molecule has 1 aliphatic heterocycles. The molecule has 30 heavy (non-hydrogen) atoms. The SMILES string of the molecule is CC1=NN(c2ccccc2Cl)C(=O)/C1=C\c1ccc(-c2ccc(S(N)(=O)=O)cc2)o1. The lowest BCUT2D eigenvalue weighted by atomic mass is 10.1. The van der Waals surface area contributed by atoms with Crippen LogP contribution in [-0.4, -0.2) is 20.0 Å². The Balaban J connectivity index is 1.61. The number of halogens is 1. The number of anilines is 1. The highest BCUT2D eigenvalue weighted by Crippen LogP contribution is 2.31. The van der Waals surface area contributed by atoms with Crippen LogP contribution >= 0.6 is 11.6 Å². The molecule has 9 heteroatoms. The molecule has 0 saturated carbocycles. The van der Waals surface area contributed by atoms with E-state index in [0.717, 1.165) is 0 Å². The standard InChI is InChI=1S/C21H16ClN3O4S/c1-13-17(21(26)25(24-13)19-5-3-2-4-18(19)22)12-15-8-11-20(29-15)14-6-9-16(10-7-14)30(23,27)28/h2-12H,1H3,(H2,23,27,28)/b17-12-. The minimum atomic E-state index is -3.76. The third kappa shape index (κ3) is 3.80. The third-order valence-corrected chi connectivity index (χ3v) is 5.77. The van der Waals surface area contributed by atoms with Crippen molar-refractivity contribution in [1.29, 1.82) is 0 Å². The smallest absolute Gasteiger partial charge is 0.280 e. The lowest BCUT2D eigenvalue weighted by molar-refractivity contribution is -0.114. The van der Waals surface area contributed by atoms with Crippen molar-refractivity contribution in [1.82, 2.24) is 0 Å². The molecule has 0 radical (unpaired) electrons. The van der Waals surface area contributed by atoms with Gasteiger partial charge in [0, 0.05) is 5.56 Å². The zero-order valence-corrected chi connectivity index (χ0v) is 17.3. The van der Waals surface area contributed by atoms with E-state index >= 15 is 0 Å². The molecule has 2 aromatic carbocycles. The molecule has 0 atom stereocenters. The first-order chi connectivity index (χ1) is 14.2. The number of nitrogens with two attached hydrogens (primary N) is 1. The van der Waals surface area contributed by atoms with Crippen LogP contribution in [-0.2, 0) is 14.8 Å². The van der Waals surface area contributed by atoms with Crippen molar-refractivity contribution in [2.45, 2.75) is 11.8 Å². The lowest BCUT2D eigenvalue weighted by Gasteiger charge is -2.12. The minimum Gasteiger partial charge on any atom is -0.457 e. The van der Waals surface area contributed by atoms with Gasteiger partial charge < -0.3 is 4.42 Å². The van der Waals surface area contributed by atoms with E-state index in [9.17, 15) is 13.2 Å². The van der Waals surface area contributed by atoms with E-state index in [1.165, 1.54) is 17.1 Å². The van der Waals surface area contributed by atoms with E-state index in [4.69, 9.17) is 21.2 Å². The molecule has 2 heterocycles. The van der Waals surface area contributed by atoms with Crippen molar-refractivity contribution in [2.24, 2.45) is 10.2 Å². The van der Waals surface area contributed by atoms with Gasteiger partial charge in [0.1, 0.15) is 11.5 Å². The Labute approximate surface area is 178 Å². The van der Waals surface area contributed by atoms with Crippen LogP contribution < -0.4 is 10.1 Å². The van der Waals surface area contributed by atoms with Crippen molar-refractivity contribution < 1.29 is 17.6 Å². The largest absolute Gasteiger partial charge is 0.457 e. The first-order valence-electron chi connectivity index (χ1n) is 8.83. The topological polar surface area (TPSA) is 106 Å². The number of rotatable bonds is 4. The lowest BCUT2D eigenvalue weighted by Crippen LogP contribution is -2.21. The highest BCUT2D eigenvalue weighted by Gasteiger charge is 2.30. The molecule has 0 aliphatic carbocycles. The number of carbonyl (C=O) groups is 1. The monoisotopic (exact) mass is 441 g/mol. The number of hydrazone groups is 1. The van der Waals surface area contributed by atoms with Gasteiger partial charge in [-0.3, -0.25) is 4.79 Å². The maximum atomic E-state index is 12.9. The Hall–Kier alpha value is -3.20.